The fourth-order valence-electron chi connectivity index (χ4n) is 1.33. The zero-order valence-electron chi connectivity index (χ0n) is 9.19. The van der Waals surface area contributed by atoms with Crippen LogP contribution < -0.4 is 0 Å². The van der Waals surface area contributed by atoms with E-state index >= 15 is 0 Å². The molecule has 0 aliphatic carbocycles. The van der Waals surface area contributed by atoms with E-state index < -0.39 is 0 Å². The number of carbonyl (C=O) groups is 1. The van der Waals surface area contributed by atoms with Crippen molar-refractivity contribution in [3.63, 3.8) is 0 Å². The maximum absolute atomic E-state index is 10.8. The molecular formula is C11H12N2O3. The quantitative estimate of drug-likeness (QED) is 0.789. The van der Waals surface area contributed by atoms with Crippen molar-refractivity contribution in [2.75, 3.05) is 0 Å². The molecular weight excluding hydrogens is 208 g/mol. The number of hydrogen-bond acceptors (Lipinski definition) is 5. The highest BCUT2D eigenvalue weighted by Gasteiger charge is 2.13. The molecule has 2 rings (SSSR count). The fraction of sp³-hybridized carbons (Fsp3) is 0.364. The molecule has 0 aromatic carbocycles. The maximum atomic E-state index is 10.8. The average Bonchev–Trinajstić information content (AvgIpc) is 2.83. The topological polar surface area (TPSA) is 69.1 Å². The molecule has 2 aromatic heterocycles. The Morgan fingerprint density at radius 2 is 2.31 bits per heavy atom. The van der Waals surface area contributed by atoms with Crippen LogP contribution in [0.25, 0.3) is 11.6 Å². The standard InChI is InChI=1S/C11H12N2O3/c1-7-5-6-15-10(7)11-12-9(16-13-11)4-3-8(2)14/h5-6H,3-4H2,1-2H3. The summed E-state index contributed by atoms with van der Waals surface area (Å²) < 4.78 is 10.3. The second kappa shape index (κ2) is 4.30. The SMILES string of the molecule is CC(=O)CCc1nc(-c2occc2C)no1. The Labute approximate surface area is 92.5 Å². The normalized spacial score (nSPS) is 10.6. The Hall–Kier alpha value is -1.91. The van der Waals surface area contributed by atoms with Crippen LogP contribution in [0.15, 0.2) is 21.3 Å². The van der Waals surface area contributed by atoms with E-state index in [9.17, 15) is 4.79 Å². The Morgan fingerprint density at radius 1 is 1.50 bits per heavy atom. The molecule has 0 aliphatic rings. The van der Waals surface area contributed by atoms with Crippen molar-refractivity contribution < 1.29 is 13.7 Å². The van der Waals surface area contributed by atoms with Gasteiger partial charge in [-0.05, 0) is 25.5 Å². The first-order valence-corrected chi connectivity index (χ1v) is 5.03. The van der Waals surface area contributed by atoms with Crippen molar-refractivity contribution >= 4 is 5.78 Å². The average molecular weight is 220 g/mol. The first kappa shape index (κ1) is 10.6. The molecule has 0 saturated heterocycles. The minimum absolute atomic E-state index is 0.105. The van der Waals surface area contributed by atoms with Gasteiger partial charge in [0.2, 0.25) is 11.7 Å². The summed E-state index contributed by atoms with van der Waals surface area (Å²) in [4.78, 5) is 15.0. The van der Waals surface area contributed by atoms with Crippen LogP contribution in [0.5, 0.6) is 0 Å². The lowest BCUT2D eigenvalue weighted by molar-refractivity contribution is -0.117. The highest BCUT2D eigenvalue weighted by molar-refractivity contribution is 5.75. The third kappa shape index (κ3) is 2.18. The van der Waals surface area contributed by atoms with Gasteiger partial charge in [0, 0.05) is 12.8 Å². The zero-order chi connectivity index (χ0) is 11.5. The van der Waals surface area contributed by atoms with Gasteiger partial charge in [0.15, 0.2) is 5.76 Å². The van der Waals surface area contributed by atoms with Crippen LogP contribution >= 0.6 is 0 Å². The molecule has 0 amide bonds. The summed E-state index contributed by atoms with van der Waals surface area (Å²) in [5, 5.41) is 3.81. The minimum Gasteiger partial charge on any atom is -0.461 e. The highest BCUT2D eigenvalue weighted by Crippen LogP contribution is 2.21. The summed E-state index contributed by atoms with van der Waals surface area (Å²) in [6.45, 7) is 3.44. The molecule has 0 fully saturated rings. The first-order chi connectivity index (χ1) is 7.66. The third-order valence-corrected chi connectivity index (χ3v) is 2.22. The number of aryl methyl sites for hydroxylation is 2. The van der Waals surface area contributed by atoms with Gasteiger partial charge in [-0.25, -0.2) is 0 Å². The van der Waals surface area contributed by atoms with E-state index in [2.05, 4.69) is 10.1 Å². The molecule has 16 heavy (non-hydrogen) atoms. The number of nitrogens with zero attached hydrogens (tertiary/aromatic N) is 2. The van der Waals surface area contributed by atoms with Gasteiger partial charge >= 0.3 is 0 Å². The lowest BCUT2D eigenvalue weighted by atomic mass is 10.2. The number of Topliss-reactive ketones (excluding diaryl/α,β-unsaturated/α-hetero) is 1. The van der Waals surface area contributed by atoms with Crippen LogP contribution in [-0.2, 0) is 11.2 Å². The molecule has 84 valence electrons. The molecule has 0 unspecified atom stereocenters. The summed E-state index contributed by atoms with van der Waals surface area (Å²) in [7, 11) is 0. The second-order valence-electron chi connectivity index (χ2n) is 3.65. The van der Waals surface area contributed by atoms with Gasteiger partial charge in [-0.15, -0.1) is 0 Å². The molecule has 0 aliphatic heterocycles. The number of rotatable bonds is 4. The lowest BCUT2D eigenvalue weighted by Gasteiger charge is -1.89. The number of furan rings is 1. The summed E-state index contributed by atoms with van der Waals surface area (Å²) in [5.74, 6) is 1.61. The first-order valence-electron chi connectivity index (χ1n) is 5.03. The van der Waals surface area contributed by atoms with E-state index in [4.69, 9.17) is 8.94 Å². The monoisotopic (exact) mass is 220 g/mol. The maximum Gasteiger partial charge on any atom is 0.238 e. The van der Waals surface area contributed by atoms with Crippen molar-refractivity contribution in [1.82, 2.24) is 10.1 Å². The van der Waals surface area contributed by atoms with E-state index in [1.54, 1.807) is 6.26 Å². The lowest BCUT2D eigenvalue weighted by Crippen LogP contribution is -1.94. The molecule has 0 bridgehead atoms. The summed E-state index contributed by atoms with van der Waals surface area (Å²) in [6.07, 6.45) is 2.47. The van der Waals surface area contributed by atoms with E-state index in [0.29, 0.717) is 30.3 Å². The molecule has 0 atom stereocenters. The summed E-state index contributed by atoms with van der Waals surface area (Å²) in [6, 6.07) is 1.83. The van der Waals surface area contributed by atoms with Gasteiger partial charge in [0.25, 0.3) is 0 Å². The molecule has 2 heterocycles. The summed E-state index contributed by atoms with van der Waals surface area (Å²) in [5.41, 5.74) is 0.957. The van der Waals surface area contributed by atoms with Crippen LogP contribution in [0.3, 0.4) is 0 Å². The van der Waals surface area contributed by atoms with Crippen LogP contribution in [0.4, 0.5) is 0 Å². The van der Waals surface area contributed by atoms with Crippen molar-refractivity contribution in [3.05, 3.63) is 23.8 Å². The van der Waals surface area contributed by atoms with Gasteiger partial charge in [-0.2, -0.15) is 4.98 Å². The Balaban J connectivity index is 2.14. The van der Waals surface area contributed by atoms with E-state index in [1.165, 1.54) is 6.92 Å². The van der Waals surface area contributed by atoms with Crippen molar-refractivity contribution in [2.45, 2.75) is 26.7 Å². The van der Waals surface area contributed by atoms with Crippen molar-refractivity contribution in [2.24, 2.45) is 0 Å². The van der Waals surface area contributed by atoms with Crippen LogP contribution in [-0.4, -0.2) is 15.9 Å². The fourth-order valence-corrected chi connectivity index (χ4v) is 1.33. The van der Waals surface area contributed by atoms with Gasteiger partial charge < -0.3 is 13.7 Å². The Kier molecular flexibility index (Phi) is 2.85. The van der Waals surface area contributed by atoms with Crippen LogP contribution in [0.1, 0.15) is 24.8 Å². The van der Waals surface area contributed by atoms with Gasteiger partial charge in [-0.3, -0.25) is 0 Å². The number of carbonyl (C=O) groups excluding carboxylic acids is 1. The second-order valence-corrected chi connectivity index (χ2v) is 3.65. The van der Waals surface area contributed by atoms with Crippen LogP contribution in [0, 0.1) is 6.92 Å². The third-order valence-electron chi connectivity index (χ3n) is 2.22. The molecule has 5 heteroatoms. The van der Waals surface area contributed by atoms with E-state index in [0.717, 1.165) is 5.56 Å². The van der Waals surface area contributed by atoms with Gasteiger partial charge in [0.05, 0.1) is 6.26 Å². The van der Waals surface area contributed by atoms with E-state index in [-0.39, 0.29) is 5.78 Å². The number of ketones is 1. The Morgan fingerprint density at radius 3 is 2.94 bits per heavy atom. The van der Waals surface area contributed by atoms with Crippen molar-refractivity contribution in [1.29, 1.82) is 0 Å². The minimum atomic E-state index is 0.105. The molecule has 0 saturated carbocycles. The van der Waals surface area contributed by atoms with Gasteiger partial charge in [0.1, 0.15) is 5.78 Å². The number of hydrogen-bond donors (Lipinski definition) is 0. The summed E-state index contributed by atoms with van der Waals surface area (Å²) >= 11 is 0. The van der Waals surface area contributed by atoms with E-state index in [1.807, 2.05) is 13.0 Å². The Bertz CT molecular complexity index is 499. The highest BCUT2D eigenvalue weighted by atomic mass is 16.5. The molecule has 5 nitrogen and oxygen atoms in total. The zero-order valence-corrected chi connectivity index (χ0v) is 9.19. The smallest absolute Gasteiger partial charge is 0.238 e. The number of aromatic nitrogens is 2. The molecule has 0 radical (unpaired) electrons. The molecule has 2 aromatic rings. The molecule has 0 N–H and O–H groups in total. The van der Waals surface area contributed by atoms with Gasteiger partial charge in [-0.1, -0.05) is 5.16 Å². The molecule has 0 spiro atoms. The predicted octanol–water partition coefficient (Wildman–Crippen LogP) is 2.16. The predicted molar refractivity (Wildman–Crippen MR) is 55.7 cm³/mol. The van der Waals surface area contributed by atoms with Crippen LogP contribution in [0.2, 0.25) is 0 Å². The largest absolute Gasteiger partial charge is 0.461 e. The van der Waals surface area contributed by atoms with Crippen molar-refractivity contribution in [3.8, 4) is 11.6 Å².